The Morgan fingerprint density at radius 3 is 2.62 bits per heavy atom. The molecule has 1 aliphatic carbocycles. The van der Waals surface area contributed by atoms with Gasteiger partial charge in [-0.15, -0.1) is 0 Å². The topological polar surface area (TPSA) is 105 Å². The highest BCUT2D eigenvalue weighted by Crippen LogP contribution is 2.25. The molecule has 2 aliphatic rings. The maximum absolute atomic E-state index is 12.6. The Balaban J connectivity index is 1.71. The Labute approximate surface area is 160 Å². The lowest BCUT2D eigenvalue weighted by atomic mass is 10.2. The van der Waals surface area contributed by atoms with Crippen LogP contribution in [0.2, 0.25) is 0 Å². The van der Waals surface area contributed by atoms with E-state index in [1.54, 1.807) is 6.07 Å². The second-order valence-electron chi connectivity index (χ2n) is 6.41. The van der Waals surface area contributed by atoms with Crippen molar-refractivity contribution in [2.45, 2.75) is 36.2 Å². The first-order valence-electron chi connectivity index (χ1n) is 8.26. The van der Waals surface area contributed by atoms with Gasteiger partial charge < -0.3 is 15.0 Å². The van der Waals surface area contributed by atoms with Gasteiger partial charge in [0.15, 0.2) is 0 Å². The summed E-state index contributed by atoms with van der Waals surface area (Å²) in [6.07, 6.45) is 1.85. The second kappa shape index (κ2) is 7.53. The number of carbonyl (C=O) groups excluding carboxylic acids is 2. The maximum atomic E-state index is 12.6. The molecule has 2 N–H and O–H groups in total. The molecule has 1 aromatic carbocycles. The van der Waals surface area contributed by atoms with Crippen LogP contribution in [0.15, 0.2) is 27.6 Å². The van der Waals surface area contributed by atoms with Gasteiger partial charge in [-0.3, -0.25) is 4.79 Å². The van der Waals surface area contributed by atoms with Crippen molar-refractivity contribution in [1.29, 1.82) is 0 Å². The number of amides is 2. The van der Waals surface area contributed by atoms with Crippen LogP contribution in [0.3, 0.4) is 0 Å². The zero-order valence-electron chi connectivity index (χ0n) is 14.2. The fourth-order valence-corrected chi connectivity index (χ4v) is 4.53. The van der Waals surface area contributed by atoms with Gasteiger partial charge in [-0.05, 0) is 53.4 Å². The number of hydrogen-bond donors (Lipinski definition) is 2. The molecule has 0 bridgehead atoms. The first-order valence-corrected chi connectivity index (χ1v) is 10.5. The van der Waals surface area contributed by atoms with Crippen LogP contribution >= 0.6 is 15.9 Å². The third kappa shape index (κ3) is 4.36. The fraction of sp³-hybridized carbons (Fsp3) is 0.500. The van der Waals surface area contributed by atoms with E-state index in [-0.39, 0.29) is 22.5 Å². The predicted octanol–water partition coefficient (Wildman–Crippen LogP) is 1.46. The van der Waals surface area contributed by atoms with E-state index in [1.165, 1.54) is 24.1 Å². The zero-order valence-corrected chi connectivity index (χ0v) is 16.6. The van der Waals surface area contributed by atoms with Crippen molar-refractivity contribution < 1.29 is 22.7 Å². The molecule has 1 saturated carbocycles. The van der Waals surface area contributed by atoms with E-state index >= 15 is 0 Å². The Morgan fingerprint density at radius 1 is 1.23 bits per heavy atom. The number of nitrogens with one attached hydrogen (secondary N) is 2. The second-order valence-corrected chi connectivity index (χ2v) is 8.98. The van der Waals surface area contributed by atoms with Crippen LogP contribution in [0.25, 0.3) is 0 Å². The lowest BCUT2D eigenvalue weighted by molar-refractivity contribution is 0.0933. The molecule has 2 amide bonds. The van der Waals surface area contributed by atoms with Crippen molar-refractivity contribution in [3.8, 4) is 0 Å². The molecule has 10 heteroatoms. The van der Waals surface area contributed by atoms with Gasteiger partial charge in [0.25, 0.3) is 5.91 Å². The maximum Gasteiger partial charge on any atom is 0.409 e. The molecular formula is C16H20BrN3O5S. The molecule has 1 heterocycles. The summed E-state index contributed by atoms with van der Waals surface area (Å²) in [5, 5.41) is 2.84. The van der Waals surface area contributed by atoms with E-state index < -0.39 is 22.0 Å². The van der Waals surface area contributed by atoms with Crippen LogP contribution in [0.5, 0.6) is 0 Å². The molecule has 1 atom stereocenters. The van der Waals surface area contributed by atoms with Crippen molar-refractivity contribution in [1.82, 2.24) is 14.9 Å². The Bertz CT molecular complexity index is 825. The molecule has 1 aliphatic heterocycles. The first-order chi connectivity index (χ1) is 12.3. The van der Waals surface area contributed by atoms with Crippen molar-refractivity contribution in [3.63, 3.8) is 0 Å². The van der Waals surface area contributed by atoms with Crippen molar-refractivity contribution in [2.75, 3.05) is 20.2 Å². The molecule has 1 saturated heterocycles. The molecule has 26 heavy (non-hydrogen) atoms. The monoisotopic (exact) mass is 445 g/mol. The number of hydrogen-bond acceptors (Lipinski definition) is 5. The predicted molar refractivity (Wildman–Crippen MR) is 97.3 cm³/mol. The summed E-state index contributed by atoms with van der Waals surface area (Å²) in [5.41, 5.74) is 0.236. The van der Waals surface area contributed by atoms with Gasteiger partial charge in [0.05, 0.1) is 17.6 Å². The average molecular weight is 446 g/mol. The quantitative estimate of drug-likeness (QED) is 0.713. The van der Waals surface area contributed by atoms with Gasteiger partial charge in [-0.1, -0.05) is 0 Å². The number of rotatable bonds is 5. The fourth-order valence-electron chi connectivity index (χ4n) is 2.77. The van der Waals surface area contributed by atoms with Crippen LogP contribution in [0.1, 0.15) is 29.6 Å². The number of likely N-dealkylation sites (tertiary alicyclic amines) is 1. The smallest absolute Gasteiger partial charge is 0.409 e. The van der Waals surface area contributed by atoms with E-state index in [9.17, 15) is 18.0 Å². The summed E-state index contributed by atoms with van der Waals surface area (Å²) in [5.74, 6) is -0.392. The molecule has 8 nitrogen and oxygen atoms in total. The van der Waals surface area contributed by atoms with Gasteiger partial charge in [-0.2, -0.15) is 0 Å². The number of benzene rings is 1. The van der Waals surface area contributed by atoms with Crippen LogP contribution in [-0.2, 0) is 14.8 Å². The van der Waals surface area contributed by atoms with Crippen molar-refractivity contribution >= 4 is 38.0 Å². The molecule has 3 rings (SSSR count). The SMILES string of the molecule is COC(=O)N1CC[C@H](NC(=O)c2cc(S(=O)(=O)NC3CC3)ccc2Br)C1. The normalized spacial score (nSPS) is 20.1. The highest BCUT2D eigenvalue weighted by Gasteiger charge is 2.30. The van der Waals surface area contributed by atoms with Crippen molar-refractivity contribution in [3.05, 3.63) is 28.2 Å². The van der Waals surface area contributed by atoms with Gasteiger partial charge in [0.2, 0.25) is 10.0 Å². The molecule has 0 spiro atoms. The van der Waals surface area contributed by atoms with E-state index in [1.807, 2.05) is 0 Å². The summed E-state index contributed by atoms with van der Waals surface area (Å²) in [6.45, 7) is 0.857. The Morgan fingerprint density at radius 2 is 1.96 bits per heavy atom. The van der Waals surface area contributed by atoms with Gasteiger partial charge >= 0.3 is 6.09 Å². The summed E-state index contributed by atoms with van der Waals surface area (Å²) < 4.78 is 32.5. The van der Waals surface area contributed by atoms with Gasteiger partial charge in [-0.25, -0.2) is 17.9 Å². The van der Waals surface area contributed by atoms with E-state index in [0.29, 0.717) is 24.0 Å². The number of sulfonamides is 1. The number of halogens is 1. The van der Waals surface area contributed by atoms with Crippen LogP contribution in [-0.4, -0.2) is 57.6 Å². The Hall–Kier alpha value is -1.65. The van der Waals surface area contributed by atoms with Gasteiger partial charge in [0, 0.05) is 29.6 Å². The summed E-state index contributed by atoms with van der Waals surface area (Å²) >= 11 is 3.30. The minimum Gasteiger partial charge on any atom is -0.453 e. The van der Waals surface area contributed by atoms with E-state index in [4.69, 9.17) is 0 Å². The first kappa shape index (κ1) is 19.1. The largest absolute Gasteiger partial charge is 0.453 e. The number of carbonyl (C=O) groups is 2. The number of methoxy groups -OCH3 is 1. The van der Waals surface area contributed by atoms with Gasteiger partial charge in [0.1, 0.15) is 0 Å². The standard InChI is InChI=1S/C16H20BrN3O5S/c1-25-16(22)20-7-6-11(9-20)18-15(21)13-8-12(4-5-14(13)17)26(23,24)19-10-2-3-10/h4-5,8,10-11,19H,2-3,6-7,9H2,1H3,(H,18,21)/t11-/m0/s1. The summed E-state index contributed by atoms with van der Waals surface area (Å²) in [6, 6.07) is 4.14. The molecule has 0 aromatic heterocycles. The third-order valence-corrected chi connectivity index (χ3v) is 6.56. The lowest BCUT2D eigenvalue weighted by Gasteiger charge is -2.16. The molecule has 2 fully saturated rings. The minimum absolute atomic E-state index is 0.0104. The van der Waals surface area contributed by atoms with Crippen LogP contribution < -0.4 is 10.0 Å². The van der Waals surface area contributed by atoms with Crippen LogP contribution in [0.4, 0.5) is 4.79 Å². The minimum atomic E-state index is -3.64. The highest BCUT2D eigenvalue weighted by atomic mass is 79.9. The molecule has 142 valence electrons. The Kier molecular flexibility index (Phi) is 5.54. The number of nitrogens with zero attached hydrogens (tertiary/aromatic N) is 1. The van der Waals surface area contributed by atoms with Crippen LogP contribution in [0, 0.1) is 0 Å². The molecule has 1 aromatic rings. The zero-order chi connectivity index (χ0) is 18.9. The average Bonchev–Trinajstić information content (AvgIpc) is 3.28. The molecule has 0 unspecified atom stereocenters. The molecule has 0 radical (unpaired) electrons. The van der Waals surface area contributed by atoms with E-state index in [0.717, 1.165) is 12.8 Å². The van der Waals surface area contributed by atoms with E-state index in [2.05, 4.69) is 30.7 Å². The molecular weight excluding hydrogens is 426 g/mol. The lowest BCUT2D eigenvalue weighted by Crippen LogP contribution is -2.38. The number of ether oxygens (including phenoxy) is 1. The highest BCUT2D eigenvalue weighted by molar-refractivity contribution is 9.10. The summed E-state index contributed by atoms with van der Waals surface area (Å²) in [7, 11) is -2.33. The summed E-state index contributed by atoms with van der Waals surface area (Å²) in [4.78, 5) is 25.7. The van der Waals surface area contributed by atoms with Crippen molar-refractivity contribution in [2.24, 2.45) is 0 Å². The third-order valence-electron chi connectivity index (χ3n) is 4.35.